The lowest BCUT2D eigenvalue weighted by atomic mass is 9.97. The van der Waals surface area contributed by atoms with Gasteiger partial charge in [0.1, 0.15) is 0 Å². The molecule has 1 aliphatic rings. The summed E-state index contributed by atoms with van der Waals surface area (Å²) < 4.78 is 29.6. The topological polar surface area (TPSA) is 105 Å². The summed E-state index contributed by atoms with van der Waals surface area (Å²) in [7, 11) is -3.26. The number of likely N-dealkylation sites (tertiary alicyclic amines) is 1. The zero-order chi connectivity index (χ0) is 17.0. The smallest absolute Gasteiger partial charge is 0.229 e. The molecule has 130 valence electrons. The number of rotatable bonds is 6. The molecule has 0 aliphatic carbocycles. The molecule has 0 bridgehead atoms. The molecule has 1 aliphatic heterocycles. The monoisotopic (exact) mass is 344 g/mol. The van der Waals surface area contributed by atoms with E-state index in [-0.39, 0.29) is 30.7 Å². The van der Waals surface area contributed by atoms with Crippen molar-refractivity contribution in [3.63, 3.8) is 0 Å². The molecule has 1 N–H and O–H groups in total. The van der Waals surface area contributed by atoms with Crippen molar-refractivity contribution in [3.05, 3.63) is 11.7 Å². The number of hydrogen-bond donors (Lipinski definition) is 1. The van der Waals surface area contributed by atoms with Crippen LogP contribution in [0.3, 0.4) is 0 Å². The van der Waals surface area contributed by atoms with E-state index in [1.54, 1.807) is 4.90 Å². The molecule has 1 atom stereocenters. The molecule has 1 amide bonds. The minimum Gasteiger partial charge on any atom is -0.342 e. The summed E-state index contributed by atoms with van der Waals surface area (Å²) in [5.41, 5.74) is 0. The van der Waals surface area contributed by atoms with Crippen LogP contribution in [0.25, 0.3) is 0 Å². The lowest BCUT2D eigenvalue weighted by molar-refractivity contribution is -0.132. The molecule has 2 rings (SSSR count). The van der Waals surface area contributed by atoms with Gasteiger partial charge in [-0.05, 0) is 12.8 Å². The minimum absolute atomic E-state index is 0.0570. The molecule has 9 heteroatoms. The Kier molecular flexibility index (Phi) is 5.74. The van der Waals surface area contributed by atoms with Crippen LogP contribution in [0.1, 0.15) is 56.7 Å². The van der Waals surface area contributed by atoms with Crippen molar-refractivity contribution < 1.29 is 17.7 Å². The third-order valence-corrected chi connectivity index (χ3v) is 4.52. The third kappa shape index (κ3) is 5.28. The predicted molar refractivity (Wildman–Crippen MR) is 84.4 cm³/mol. The first-order valence-corrected chi connectivity index (χ1v) is 9.71. The molecule has 0 aromatic carbocycles. The summed E-state index contributed by atoms with van der Waals surface area (Å²) in [6.07, 6.45) is 3.03. The average Bonchev–Trinajstić information content (AvgIpc) is 2.96. The van der Waals surface area contributed by atoms with Crippen molar-refractivity contribution in [2.45, 2.75) is 44.9 Å². The number of aromatic nitrogens is 2. The second-order valence-electron chi connectivity index (χ2n) is 6.24. The van der Waals surface area contributed by atoms with Gasteiger partial charge in [-0.25, -0.2) is 13.1 Å². The maximum atomic E-state index is 12.2. The lowest BCUT2D eigenvalue weighted by Gasteiger charge is -2.31. The summed E-state index contributed by atoms with van der Waals surface area (Å²) in [6.45, 7) is 5.34. The average molecular weight is 344 g/mol. The highest BCUT2D eigenvalue weighted by molar-refractivity contribution is 7.88. The van der Waals surface area contributed by atoms with Crippen molar-refractivity contribution in [3.8, 4) is 0 Å². The predicted octanol–water partition coefficient (Wildman–Crippen LogP) is 0.838. The normalized spacial score (nSPS) is 19.3. The molecule has 0 unspecified atom stereocenters. The molecule has 1 aromatic heterocycles. The summed E-state index contributed by atoms with van der Waals surface area (Å²) in [5, 5.41) is 4.03. The van der Waals surface area contributed by atoms with E-state index in [1.807, 2.05) is 13.8 Å². The number of hydrogen-bond acceptors (Lipinski definition) is 6. The van der Waals surface area contributed by atoms with Gasteiger partial charge in [0.15, 0.2) is 5.82 Å². The highest BCUT2D eigenvalue weighted by Gasteiger charge is 2.28. The molecular weight excluding hydrogens is 320 g/mol. The Hall–Kier alpha value is -1.48. The van der Waals surface area contributed by atoms with Crippen LogP contribution in [-0.4, -0.2) is 55.3 Å². The van der Waals surface area contributed by atoms with E-state index in [2.05, 4.69) is 14.9 Å². The van der Waals surface area contributed by atoms with Crippen LogP contribution in [0, 0.1) is 0 Å². The molecule has 1 saturated heterocycles. The molecule has 1 fully saturated rings. The van der Waals surface area contributed by atoms with E-state index >= 15 is 0 Å². The number of sulfonamides is 1. The van der Waals surface area contributed by atoms with Gasteiger partial charge in [-0.2, -0.15) is 4.98 Å². The fourth-order valence-corrected chi connectivity index (χ4v) is 3.04. The number of nitrogens with one attached hydrogen (secondary N) is 1. The Morgan fingerprint density at radius 2 is 2.22 bits per heavy atom. The van der Waals surface area contributed by atoms with Gasteiger partial charge in [0.25, 0.3) is 0 Å². The van der Waals surface area contributed by atoms with Gasteiger partial charge in [0.05, 0.1) is 6.26 Å². The number of carbonyl (C=O) groups is 1. The maximum absolute atomic E-state index is 12.2. The number of nitrogens with zero attached hydrogens (tertiary/aromatic N) is 3. The standard InChI is InChI=1S/C14H24N4O4S/c1-10(2)14-16-13(17-22-14)11-5-4-8-18(9-11)12(19)6-7-15-23(3,20)21/h10-11,15H,4-9H2,1-3H3/t11-/m0/s1. The van der Waals surface area contributed by atoms with E-state index in [9.17, 15) is 13.2 Å². The molecule has 23 heavy (non-hydrogen) atoms. The van der Waals surface area contributed by atoms with Gasteiger partial charge < -0.3 is 9.42 Å². The minimum atomic E-state index is -3.26. The van der Waals surface area contributed by atoms with Crippen LogP contribution < -0.4 is 4.72 Å². The van der Waals surface area contributed by atoms with Crippen LogP contribution in [-0.2, 0) is 14.8 Å². The van der Waals surface area contributed by atoms with Crippen molar-refractivity contribution in [1.82, 2.24) is 19.8 Å². The van der Waals surface area contributed by atoms with Crippen molar-refractivity contribution in [2.75, 3.05) is 25.9 Å². The molecule has 2 heterocycles. The molecule has 0 saturated carbocycles. The van der Waals surface area contributed by atoms with Gasteiger partial charge in [0, 0.05) is 37.9 Å². The van der Waals surface area contributed by atoms with E-state index in [1.165, 1.54) is 0 Å². The molecule has 8 nitrogen and oxygen atoms in total. The quantitative estimate of drug-likeness (QED) is 0.820. The lowest BCUT2D eigenvalue weighted by Crippen LogP contribution is -2.40. The first-order valence-electron chi connectivity index (χ1n) is 7.82. The van der Waals surface area contributed by atoms with E-state index in [0.29, 0.717) is 24.8 Å². The summed E-state index contributed by atoms with van der Waals surface area (Å²) in [5.74, 6) is 1.46. The first-order chi connectivity index (χ1) is 10.8. The largest absolute Gasteiger partial charge is 0.342 e. The number of amides is 1. The van der Waals surface area contributed by atoms with E-state index in [4.69, 9.17) is 4.52 Å². The number of piperidine rings is 1. The Bertz CT molecular complexity index is 641. The Balaban J connectivity index is 1.90. The summed E-state index contributed by atoms with van der Waals surface area (Å²) >= 11 is 0. The maximum Gasteiger partial charge on any atom is 0.229 e. The Morgan fingerprint density at radius 1 is 1.48 bits per heavy atom. The van der Waals surface area contributed by atoms with Crippen LogP contribution in [0.2, 0.25) is 0 Å². The summed E-state index contributed by atoms with van der Waals surface area (Å²) in [6, 6.07) is 0. The SMILES string of the molecule is CC(C)c1nc([C@H]2CCCN(C(=O)CCNS(C)(=O)=O)C2)no1. The second-order valence-corrected chi connectivity index (χ2v) is 8.07. The first kappa shape index (κ1) is 17.9. The highest BCUT2D eigenvalue weighted by atomic mass is 32.2. The summed E-state index contributed by atoms with van der Waals surface area (Å²) in [4.78, 5) is 18.4. The highest BCUT2D eigenvalue weighted by Crippen LogP contribution is 2.26. The Morgan fingerprint density at radius 3 is 2.83 bits per heavy atom. The second kappa shape index (κ2) is 7.39. The van der Waals surface area contributed by atoms with Crippen LogP contribution >= 0.6 is 0 Å². The van der Waals surface area contributed by atoms with Gasteiger partial charge in [-0.3, -0.25) is 4.79 Å². The van der Waals surface area contributed by atoms with Crippen LogP contribution in [0.5, 0.6) is 0 Å². The van der Waals surface area contributed by atoms with Gasteiger partial charge in [-0.1, -0.05) is 19.0 Å². The van der Waals surface area contributed by atoms with Gasteiger partial charge >= 0.3 is 0 Å². The van der Waals surface area contributed by atoms with Crippen molar-refractivity contribution in [2.24, 2.45) is 0 Å². The zero-order valence-electron chi connectivity index (χ0n) is 13.8. The molecule has 0 radical (unpaired) electrons. The van der Waals surface area contributed by atoms with Gasteiger partial charge in [-0.15, -0.1) is 0 Å². The number of carbonyl (C=O) groups excluding carboxylic acids is 1. The molecule has 0 spiro atoms. The Labute approximate surface area is 136 Å². The molecule has 1 aromatic rings. The molecular formula is C14H24N4O4S. The zero-order valence-corrected chi connectivity index (χ0v) is 14.6. The third-order valence-electron chi connectivity index (χ3n) is 3.79. The van der Waals surface area contributed by atoms with Crippen molar-refractivity contribution in [1.29, 1.82) is 0 Å². The van der Waals surface area contributed by atoms with Crippen molar-refractivity contribution >= 4 is 15.9 Å². The van der Waals surface area contributed by atoms with E-state index in [0.717, 1.165) is 19.1 Å². The fourth-order valence-electron chi connectivity index (χ4n) is 2.56. The van der Waals surface area contributed by atoms with Gasteiger partial charge in [0.2, 0.25) is 21.8 Å². The fraction of sp³-hybridized carbons (Fsp3) is 0.786. The van der Waals surface area contributed by atoms with Crippen LogP contribution in [0.15, 0.2) is 4.52 Å². The van der Waals surface area contributed by atoms with Crippen LogP contribution in [0.4, 0.5) is 0 Å². The van der Waals surface area contributed by atoms with E-state index < -0.39 is 10.0 Å².